The fourth-order valence-corrected chi connectivity index (χ4v) is 7.59. The minimum atomic E-state index is -1.38. The Kier molecular flexibility index (Phi) is 7.44. The van der Waals surface area contributed by atoms with Crippen LogP contribution in [-0.2, 0) is 16.6 Å². The van der Waals surface area contributed by atoms with Gasteiger partial charge in [-0.2, -0.15) is 5.10 Å². The van der Waals surface area contributed by atoms with Crippen LogP contribution in [0.25, 0.3) is 27.6 Å². The summed E-state index contributed by atoms with van der Waals surface area (Å²) < 4.78 is 15.4. The first-order chi connectivity index (χ1) is 18.8. The molecule has 0 bridgehead atoms. The topological polar surface area (TPSA) is 66.7 Å². The second-order valence-electron chi connectivity index (χ2n) is 9.18. The lowest BCUT2D eigenvalue weighted by Crippen LogP contribution is -2.07. The molecule has 0 N–H and O–H groups in total. The Morgan fingerprint density at radius 1 is 0.897 bits per heavy atom. The molecule has 1 fully saturated rings. The van der Waals surface area contributed by atoms with Crippen molar-refractivity contribution < 1.29 is 4.55 Å². The third-order valence-electron chi connectivity index (χ3n) is 6.77. The first-order valence-corrected chi connectivity index (χ1v) is 15.8. The standard InChI is InChI=1S/C28H20Cl4N4OS2/c1-2-39(37)25-23(26-33-34-27(38-26)28(13-14-28)17-5-9-19(30)10-6-17)35-36(22-12-11-20(31)15-21(22)32)24(25)16-3-7-18(29)8-4-16/h3-12,15H,2,13-14H2,1H3. The second-order valence-corrected chi connectivity index (χ2v) is 13.5. The van der Waals surface area contributed by atoms with E-state index < -0.39 is 11.2 Å². The number of aromatic nitrogens is 4. The first kappa shape index (κ1) is 27.1. The lowest BCUT2D eigenvalue weighted by Gasteiger charge is -2.13. The van der Waals surface area contributed by atoms with Crippen molar-refractivity contribution in [3.05, 3.63) is 97.4 Å². The second kappa shape index (κ2) is 10.7. The average molecular weight is 634 g/mol. The summed E-state index contributed by atoms with van der Waals surface area (Å²) in [6.07, 6.45) is 1.95. The molecule has 1 aliphatic carbocycles. The molecule has 11 heteroatoms. The minimum absolute atomic E-state index is 0.189. The lowest BCUT2D eigenvalue weighted by molar-refractivity contribution is 0.596. The molecule has 0 spiro atoms. The Hall–Kier alpha value is -2.10. The van der Waals surface area contributed by atoms with Crippen LogP contribution in [0, 0.1) is 0 Å². The van der Waals surface area contributed by atoms with Crippen LogP contribution >= 0.6 is 57.7 Å². The maximum absolute atomic E-state index is 13.6. The first-order valence-electron chi connectivity index (χ1n) is 12.1. The summed E-state index contributed by atoms with van der Waals surface area (Å²) in [5.74, 6) is 0.397. The van der Waals surface area contributed by atoms with E-state index in [1.807, 2.05) is 43.3 Å². The van der Waals surface area contributed by atoms with E-state index in [0.717, 1.165) is 29.0 Å². The molecule has 1 saturated carbocycles. The predicted molar refractivity (Wildman–Crippen MR) is 161 cm³/mol. The van der Waals surface area contributed by atoms with Gasteiger partial charge >= 0.3 is 0 Å². The molecule has 0 radical (unpaired) electrons. The molecular formula is C28H20Cl4N4OS2. The minimum Gasteiger partial charge on any atom is -0.611 e. The van der Waals surface area contributed by atoms with Gasteiger partial charge in [-0.15, -0.1) is 10.2 Å². The van der Waals surface area contributed by atoms with Crippen molar-refractivity contribution in [2.24, 2.45) is 0 Å². The molecule has 0 saturated heterocycles. The van der Waals surface area contributed by atoms with Crippen LogP contribution in [0.3, 0.4) is 0 Å². The zero-order valence-electron chi connectivity index (χ0n) is 20.5. The molecule has 2 heterocycles. The summed E-state index contributed by atoms with van der Waals surface area (Å²) in [4.78, 5) is 0.574. The van der Waals surface area contributed by atoms with Crippen LogP contribution < -0.4 is 0 Å². The molecule has 198 valence electrons. The molecular weight excluding hydrogens is 614 g/mol. The largest absolute Gasteiger partial charge is 0.611 e. The van der Waals surface area contributed by atoms with Crippen molar-refractivity contribution in [2.45, 2.75) is 30.1 Å². The van der Waals surface area contributed by atoms with E-state index in [9.17, 15) is 4.55 Å². The highest BCUT2D eigenvalue weighted by Crippen LogP contribution is 2.55. The third-order valence-corrected chi connectivity index (χ3v) is 10.3. The molecule has 1 atom stereocenters. The van der Waals surface area contributed by atoms with E-state index >= 15 is 0 Å². The van der Waals surface area contributed by atoms with Gasteiger partial charge in [0.05, 0.1) is 10.7 Å². The number of hydrogen-bond acceptors (Lipinski definition) is 5. The number of nitrogens with zero attached hydrogens (tertiary/aromatic N) is 4. The van der Waals surface area contributed by atoms with Gasteiger partial charge in [-0.3, -0.25) is 0 Å². The molecule has 3 aromatic carbocycles. The SMILES string of the molecule is CC[S+]([O-])c1c(-c2nnc(C3(c4ccc(Cl)cc4)CC3)s2)nn(-c2ccc(Cl)cc2Cl)c1-c1ccc(Cl)cc1. The van der Waals surface area contributed by atoms with Crippen LogP contribution in [0.1, 0.15) is 30.3 Å². The van der Waals surface area contributed by atoms with Crippen LogP contribution in [0.4, 0.5) is 0 Å². The van der Waals surface area contributed by atoms with Gasteiger partial charge in [-0.05, 0) is 79.0 Å². The maximum Gasteiger partial charge on any atom is 0.209 e. The van der Waals surface area contributed by atoms with Gasteiger partial charge in [-0.25, -0.2) is 4.68 Å². The highest BCUT2D eigenvalue weighted by atomic mass is 35.5. The smallest absolute Gasteiger partial charge is 0.209 e. The molecule has 2 aromatic heterocycles. The van der Waals surface area contributed by atoms with Crippen LogP contribution in [-0.4, -0.2) is 30.3 Å². The summed E-state index contributed by atoms with van der Waals surface area (Å²) in [7, 11) is 0. The van der Waals surface area contributed by atoms with Crippen LogP contribution in [0.15, 0.2) is 71.6 Å². The fourth-order valence-electron chi connectivity index (χ4n) is 4.62. The van der Waals surface area contributed by atoms with Crippen molar-refractivity contribution in [2.75, 3.05) is 5.75 Å². The van der Waals surface area contributed by atoms with Gasteiger partial charge in [0.25, 0.3) is 0 Å². The van der Waals surface area contributed by atoms with E-state index in [2.05, 4.69) is 10.2 Å². The Labute approximate surface area is 252 Å². The quantitative estimate of drug-likeness (QED) is 0.168. The van der Waals surface area contributed by atoms with Gasteiger partial charge in [0.2, 0.25) is 4.90 Å². The van der Waals surface area contributed by atoms with Gasteiger partial charge in [0, 0.05) is 26.0 Å². The average Bonchev–Trinajstić information content (AvgIpc) is 3.41. The zero-order valence-corrected chi connectivity index (χ0v) is 25.2. The Morgan fingerprint density at radius 3 is 2.15 bits per heavy atom. The van der Waals surface area contributed by atoms with E-state index in [4.69, 9.17) is 51.5 Å². The molecule has 0 amide bonds. The Bertz CT molecular complexity index is 1660. The lowest BCUT2D eigenvalue weighted by atomic mass is 9.97. The predicted octanol–water partition coefficient (Wildman–Crippen LogP) is 8.88. The number of hydrogen-bond donors (Lipinski definition) is 0. The maximum atomic E-state index is 13.6. The number of halogens is 4. The molecule has 5 nitrogen and oxygen atoms in total. The highest BCUT2D eigenvalue weighted by molar-refractivity contribution is 7.91. The highest BCUT2D eigenvalue weighted by Gasteiger charge is 2.49. The zero-order chi connectivity index (χ0) is 27.3. The monoisotopic (exact) mass is 632 g/mol. The number of benzene rings is 3. The van der Waals surface area contributed by atoms with Crippen molar-refractivity contribution in [3.8, 4) is 27.6 Å². The van der Waals surface area contributed by atoms with Crippen molar-refractivity contribution in [3.63, 3.8) is 0 Å². The van der Waals surface area contributed by atoms with Crippen molar-refractivity contribution >= 4 is 68.9 Å². The molecule has 5 aromatic rings. The van der Waals surface area contributed by atoms with Gasteiger partial charge in [0.15, 0.2) is 10.7 Å². The normalized spacial score (nSPS) is 14.9. The molecule has 0 aliphatic heterocycles. The summed E-state index contributed by atoms with van der Waals surface area (Å²) in [5.41, 5.74) is 3.54. The van der Waals surface area contributed by atoms with Crippen LogP contribution in [0.2, 0.25) is 20.1 Å². The molecule has 6 rings (SSSR count). The summed E-state index contributed by atoms with van der Waals surface area (Å²) in [6.45, 7) is 1.88. The van der Waals surface area contributed by atoms with Gasteiger partial charge in [0.1, 0.15) is 16.5 Å². The summed E-state index contributed by atoms with van der Waals surface area (Å²) >= 11 is 25.3. The summed E-state index contributed by atoms with van der Waals surface area (Å²) in [5, 5.41) is 17.8. The summed E-state index contributed by atoms with van der Waals surface area (Å²) in [6, 6.07) is 20.4. The molecule has 39 heavy (non-hydrogen) atoms. The molecule has 1 aliphatic rings. The van der Waals surface area contributed by atoms with E-state index in [1.165, 1.54) is 11.3 Å². The Morgan fingerprint density at radius 2 is 1.54 bits per heavy atom. The van der Waals surface area contributed by atoms with Crippen LogP contribution in [0.5, 0.6) is 0 Å². The van der Waals surface area contributed by atoms with Crippen molar-refractivity contribution in [1.29, 1.82) is 0 Å². The van der Waals surface area contributed by atoms with Crippen molar-refractivity contribution in [1.82, 2.24) is 20.0 Å². The van der Waals surface area contributed by atoms with E-state index in [0.29, 0.717) is 52.8 Å². The Balaban J connectivity index is 1.55. The van der Waals surface area contributed by atoms with Gasteiger partial charge < -0.3 is 4.55 Å². The van der Waals surface area contributed by atoms with E-state index in [1.54, 1.807) is 35.0 Å². The third kappa shape index (κ3) is 4.99. The van der Waals surface area contributed by atoms with E-state index in [-0.39, 0.29) is 5.41 Å². The fraction of sp³-hybridized carbons (Fsp3) is 0.179. The van der Waals surface area contributed by atoms with Gasteiger partial charge in [-0.1, -0.05) is 82.0 Å². The molecule has 1 unspecified atom stereocenters. The number of rotatable bonds is 7.